The third-order valence-corrected chi connectivity index (χ3v) is 5.27. The summed E-state index contributed by atoms with van der Waals surface area (Å²) in [5.74, 6) is 1.47. The topological polar surface area (TPSA) is 68.5 Å². The van der Waals surface area contributed by atoms with Crippen LogP contribution >= 0.6 is 11.8 Å². The summed E-state index contributed by atoms with van der Waals surface area (Å²) in [7, 11) is 1.81. The van der Waals surface area contributed by atoms with Crippen molar-refractivity contribution in [2.24, 2.45) is 0 Å². The number of nitrogens with zero attached hydrogens (tertiary/aromatic N) is 3. The highest BCUT2D eigenvalue weighted by Crippen LogP contribution is 2.25. The highest BCUT2D eigenvalue weighted by molar-refractivity contribution is 7.99. The summed E-state index contributed by atoms with van der Waals surface area (Å²) in [5, 5.41) is 8.48. The van der Waals surface area contributed by atoms with E-state index in [1.165, 1.54) is 22.9 Å². The van der Waals surface area contributed by atoms with Crippen molar-refractivity contribution in [2.75, 3.05) is 19.4 Å². The number of amides is 1. The van der Waals surface area contributed by atoms with Crippen molar-refractivity contribution in [1.29, 1.82) is 0 Å². The molecule has 0 atom stereocenters. The first kappa shape index (κ1) is 20.9. The number of carbonyl (C=O) groups excluding carboxylic acids is 1. The highest BCUT2D eigenvalue weighted by Gasteiger charge is 2.15. The molecule has 3 aromatic rings. The van der Waals surface area contributed by atoms with E-state index in [2.05, 4.69) is 42.2 Å². The number of ether oxygens (including phenoxy) is 1. The Labute approximate surface area is 175 Å². The molecule has 0 saturated carbocycles. The maximum absolute atomic E-state index is 12.5. The molecule has 0 bridgehead atoms. The van der Waals surface area contributed by atoms with Gasteiger partial charge in [-0.3, -0.25) is 4.79 Å². The van der Waals surface area contributed by atoms with Gasteiger partial charge in [0.15, 0.2) is 0 Å². The summed E-state index contributed by atoms with van der Waals surface area (Å²) in [6.07, 6.45) is 0. The summed E-state index contributed by atoms with van der Waals surface area (Å²) in [6.45, 7) is 7.26. The van der Waals surface area contributed by atoms with Gasteiger partial charge in [-0.2, -0.15) is 0 Å². The van der Waals surface area contributed by atoms with Crippen LogP contribution in [0.5, 0.6) is 5.75 Å². The quantitative estimate of drug-likeness (QED) is 0.508. The summed E-state index contributed by atoms with van der Waals surface area (Å²) in [4.78, 5) is 14.2. The second-order valence-corrected chi connectivity index (χ2v) is 7.73. The molecule has 7 heteroatoms. The first-order valence-electron chi connectivity index (χ1n) is 9.46. The largest absolute Gasteiger partial charge is 0.494 e. The minimum absolute atomic E-state index is 0.00999. The highest BCUT2D eigenvalue weighted by atomic mass is 32.2. The number of hydrogen-bond acceptors (Lipinski definition) is 6. The summed E-state index contributed by atoms with van der Waals surface area (Å²) in [5.41, 5.74) is 4.36. The maximum atomic E-state index is 12.5. The van der Waals surface area contributed by atoms with Crippen LogP contribution in [0.25, 0.3) is 11.5 Å². The van der Waals surface area contributed by atoms with Gasteiger partial charge in [0.25, 0.3) is 5.22 Å². The smallest absolute Gasteiger partial charge is 0.277 e. The van der Waals surface area contributed by atoms with Gasteiger partial charge in [0.05, 0.1) is 12.4 Å². The van der Waals surface area contributed by atoms with Crippen LogP contribution in [0.15, 0.2) is 52.1 Å². The molecule has 3 rings (SSSR count). The van der Waals surface area contributed by atoms with Gasteiger partial charge in [0, 0.05) is 19.2 Å². The number of aryl methyl sites for hydroxylation is 2. The standard InChI is InChI=1S/C22H25N3O3S/c1-5-27-19-10-8-17(9-11-19)21-23-24-22(28-21)29-14-20(26)25(4)13-18-7-6-15(2)12-16(18)3/h6-12H,5,13-14H2,1-4H3. The van der Waals surface area contributed by atoms with E-state index in [4.69, 9.17) is 9.15 Å². The van der Waals surface area contributed by atoms with E-state index in [1.807, 2.05) is 31.2 Å². The van der Waals surface area contributed by atoms with E-state index in [9.17, 15) is 4.79 Å². The zero-order chi connectivity index (χ0) is 20.8. The molecule has 0 aliphatic heterocycles. The number of thioether (sulfide) groups is 1. The number of benzene rings is 2. The number of rotatable bonds is 8. The molecule has 1 amide bonds. The zero-order valence-electron chi connectivity index (χ0n) is 17.1. The van der Waals surface area contributed by atoms with E-state index in [0.717, 1.165) is 16.9 Å². The molecule has 29 heavy (non-hydrogen) atoms. The molecule has 1 heterocycles. The summed E-state index contributed by atoms with van der Waals surface area (Å²) in [6, 6.07) is 13.7. The normalized spacial score (nSPS) is 10.8. The molecule has 0 fully saturated rings. The average molecular weight is 412 g/mol. The Morgan fingerprint density at radius 2 is 1.90 bits per heavy atom. The van der Waals surface area contributed by atoms with Crippen molar-refractivity contribution in [1.82, 2.24) is 15.1 Å². The molecule has 2 aromatic carbocycles. The lowest BCUT2D eigenvalue weighted by atomic mass is 10.1. The Bertz CT molecular complexity index is 970. The summed E-state index contributed by atoms with van der Waals surface area (Å²) < 4.78 is 11.1. The van der Waals surface area contributed by atoms with E-state index < -0.39 is 0 Å². The molecule has 152 valence electrons. The number of carbonyl (C=O) groups is 1. The maximum Gasteiger partial charge on any atom is 0.277 e. The van der Waals surface area contributed by atoms with Gasteiger partial charge in [-0.25, -0.2) is 0 Å². The second-order valence-electron chi connectivity index (χ2n) is 6.80. The van der Waals surface area contributed by atoms with Crippen LogP contribution in [0.2, 0.25) is 0 Å². The van der Waals surface area contributed by atoms with Gasteiger partial charge in [-0.1, -0.05) is 35.5 Å². The molecule has 0 aliphatic carbocycles. The van der Waals surface area contributed by atoms with Crippen LogP contribution in [-0.2, 0) is 11.3 Å². The SMILES string of the molecule is CCOc1ccc(-c2nnc(SCC(=O)N(C)Cc3ccc(C)cc3C)o2)cc1. The fraction of sp³-hybridized carbons (Fsp3) is 0.318. The monoisotopic (exact) mass is 411 g/mol. The van der Waals surface area contributed by atoms with Crippen molar-refractivity contribution in [2.45, 2.75) is 32.5 Å². The minimum Gasteiger partial charge on any atom is -0.494 e. The van der Waals surface area contributed by atoms with Crippen LogP contribution < -0.4 is 4.74 Å². The van der Waals surface area contributed by atoms with E-state index >= 15 is 0 Å². The van der Waals surface area contributed by atoms with Crippen LogP contribution in [0, 0.1) is 13.8 Å². The predicted octanol–water partition coefficient (Wildman–Crippen LogP) is 4.50. The van der Waals surface area contributed by atoms with Gasteiger partial charge in [0.2, 0.25) is 11.8 Å². The Morgan fingerprint density at radius 3 is 2.59 bits per heavy atom. The molecule has 0 unspecified atom stereocenters. The van der Waals surface area contributed by atoms with E-state index in [0.29, 0.717) is 24.3 Å². The molecule has 0 aliphatic rings. The van der Waals surface area contributed by atoms with Crippen LogP contribution in [-0.4, -0.2) is 40.4 Å². The molecule has 0 spiro atoms. The van der Waals surface area contributed by atoms with Crippen molar-refractivity contribution in [3.8, 4) is 17.2 Å². The number of aromatic nitrogens is 2. The van der Waals surface area contributed by atoms with Crippen molar-refractivity contribution >= 4 is 17.7 Å². The lowest BCUT2D eigenvalue weighted by molar-refractivity contribution is -0.127. The first-order valence-corrected chi connectivity index (χ1v) is 10.4. The van der Waals surface area contributed by atoms with Crippen LogP contribution in [0.1, 0.15) is 23.6 Å². The molecular weight excluding hydrogens is 386 g/mol. The molecule has 0 radical (unpaired) electrons. The van der Waals surface area contributed by atoms with Gasteiger partial charge in [-0.15, -0.1) is 10.2 Å². The lowest BCUT2D eigenvalue weighted by Crippen LogP contribution is -2.28. The molecule has 0 N–H and O–H groups in total. The average Bonchev–Trinajstić information content (AvgIpc) is 3.18. The third-order valence-electron chi connectivity index (χ3n) is 4.47. The van der Waals surface area contributed by atoms with E-state index in [-0.39, 0.29) is 11.7 Å². The Balaban J connectivity index is 1.55. The Morgan fingerprint density at radius 1 is 1.14 bits per heavy atom. The summed E-state index contributed by atoms with van der Waals surface area (Å²) >= 11 is 1.24. The molecule has 6 nitrogen and oxygen atoms in total. The number of hydrogen-bond donors (Lipinski definition) is 0. The Kier molecular flexibility index (Phi) is 6.93. The van der Waals surface area contributed by atoms with Crippen molar-refractivity contribution in [3.63, 3.8) is 0 Å². The Hall–Kier alpha value is -2.80. The second kappa shape index (κ2) is 9.60. The van der Waals surface area contributed by atoms with E-state index in [1.54, 1.807) is 11.9 Å². The van der Waals surface area contributed by atoms with Crippen LogP contribution in [0.4, 0.5) is 0 Å². The van der Waals surface area contributed by atoms with Crippen molar-refractivity contribution in [3.05, 3.63) is 59.2 Å². The fourth-order valence-electron chi connectivity index (χ4n) is 2.85. The molecule has 0 saturated heterocycles. The van der Waals surface area contributed by atoms with Gasteiger partial charge in [0.1, 0.15) is 5.75 Å². The lowest BCUT2D eigenvalue weighted by Gasteiger charge is -2.18. The zero-order valence-corrected chi connectivity index (χ0v) is 18.0. The van der Waals surface area contributed by atoms with Gasteiger partial charge >= 0.3 is 0 Å². The van der Waals surface area contributed by atoms with Crippen LogP contribution in [0.3, 0.4) is 0 Å². The predicted molar refractivity (Wildman–Crippen MR) is 114 cm³/mol. The molecule has 1 aromatic heterocycles. The molecular formula is C22H25N3O3S. The third kappa shape index (κ3) is 5.60. The minimum atomic E-state index is 0.00999. The van der Waals surface area contributed by atoms with Gasteiger partial charge in [-0.05, 0) is 56.2 Å². The van der Waals surface area contributed by atoms with Crippen molar-refractivity contribution < 1.29 is 13.9 Å². The first-order chi connectivity index (χ1) is 14.0. The fourth-order valence-corrected chi connectivity index (χ4v) is 3.55. The van der Waals surface area contributed by atoms with Gasteiger partial charge < -0.3 is 14.1 Å².